The lowest BCUT2D eigenvalue weighted by atomic mass is 9.65. The molecule has 1 aromatic heterocycles. The van der Waals surface area contributed by atoms with Crippen LogP contribution in [0.15, 0.2) is 30.3 Å². The van der Waals surface area contributed by atoms with Crippen molar-refractivity contribution in [3.8, 4) is 0 Å². The minimum Gasteiger partial charge on any atom is -0.323 e. The highest BCUT2D eigenvalue weighted by molar-refractivity contribution is 6.07. The first-order valence-corrected chi connectivity index (χ1v) is 8.28. The van der Waals surface area contributed by atoms with Gasteiger partial charge in [-0.1, -0.05) is 30.3 Å². The SMILES string of the molecule is O=C1NC2(CC(c3ccccc3)C2)C(=O)N1Cc1nnnn1CC(F)(F)F. The molecule has 2 heterocycles. The molecule has 11 heteroatoms. The van der Waals surface area contributed by atoms with Crippen LogP contribution in [-0.4, -0.2) is 48.8 Å². The van der Waals surface area contributed by atoms with E-state index in [1.54, 1.807) is 0 Å². The first kappa shape index (κ1) is 17.4. The van der Waals surface area contributed by atoms with Crippen LogP contribution in [0.25, 0.3) is 0 Å². The van der Waals surface area contributed by atoms with E-state index in [1.807, 2.05) is 30.3 Å². The lowest BCUT2D eigenvalue weighted by Crippen LogP contribution is -2.56. The van der Waals surface area contributed by atoms with Crippen LogP contribution in [0.5, 0.6) is 0 Å². The number of imide groups is 1. The zero-order valence-electron chi connectivity index (χ0n) is 14.0. The number of nitrogens with zero attached hydrogens (tertiary/aromatic N) is 5. The predicted octanol–water partition coefficient (Wildman–Crippen LogP) is 1.60. The molecule has 4 rings (SSSR count). The van der Waals surface area contributed by atoms with Gasteiger partial charge in [0.05, 0.1) is 6.54 Å². The molecule has 0 radical (unpaired) electrons. The van der Waals surface area contributed by atoms with Gasteiger partial charge >= 0.3 is 12.2 Å². The van der Waals surface area contributed by atoms with Gasteiger partial charge in [0, 0.05) is 0 Å². The molecule has 2 fully saturated rings. The zero-order valence-corrected chi connectivity index (χ0v) is 14.0. The average molecular weight is 380 g/mol. The minimum absolute atomic E-state index is 0.144. The standard InChI is InChI=1S/C16H15F3N6O2/c17-16(18,19)9-25-12(21-22-23-25)8-24-13(26)15(20-14(24)27)6-11(7-15)10-4-2-1-3-5-10/h1-5,11H,6-9H2,(H,20,27). The summed E-state index contributed by atoms with van der Waals surface area (Å²) in [7, 11) is 0. The third kappa shape index (κ3) is 3.13. The van der Waals surface area contributed by atoms with E-state index < -0.39 is 36.7 Å². The second kappa shape index (κ2) is 6.03. The van der Waals surface area contributed by atoms with Crippen LogP contribution < -0.4 is 5.32 Å². The van der Waals surface area contributed by atoms with E-state index in [0.717, 1.165) is 10.5 Å². The van der Waals surface area contributed by atoms with Gasteiger partial charge in [0.15, 0.2) is 5.82 Å². The third-order valence-electron chi connectivity index (χ3n) is 4.94. The molecule has 0 unspecified atom stereocenters. The van der Waals surface area contributed by atoms with Gasteiger partial charge in [0.25, 0.3) is 5.91 Å². The van der Waals surface area contributed by atoms with Crippen LogP contribution in [0.3, 0.4) is 0 Å². The molecule has 142 valence electrons. The fourth-order valence-electron chi connectivity index (χ4n) is 3.61. The fourth-order valence-corrected chi connectivity index (χ4v) is 3.61. The molecule has 1 aromatic carbocycles. The summed E-state index contributed by atoms with van der Waals surface area (Å²) in [6, 6.07) is 8.98. The van der Waals surface area contributed by atoms with Crippen molar-refractivity contribution < 1.29 is 22.8 Å². The zero-order chi connectivity index (χ0) is 19.2. The number of nitrogens with one attached hydrogen (secondary N) is 1. The molecule has 1 aliphatic heterocycles. The van der Waals surface area contributed by atoms with Gasteiger partial charge in [0.1, 0.15) is 12.1 Å². The molecule has 0 atom stereocenters. The predicted molar refractivity (Wildman–Crippen MR) is 84.1 cm³/mol. The number of urea groups is 1. The number of hydrogen-bond donors (Lipinski definition) is 1. The Balaban J connectivity index is 1.47. The number of rotatable bonds is 4. The van der Waals surface area contributed by atoms with Gasteiger partial charge in [-0.15, -0.1) is 5.10 Å². The van der Waals surface area contributed by atoms with Crippen molar-refractivity contribution >= 4 is 11.9 Å². The van der Waals surface area contributed by atoms with E-state index in [9.17, 15) is 22.8 Å². The van der Waals surface area contributed by atoms with Gasteiger partial charge in [0.2, 0.25) is 0 Å². The summed E-state index contributed by atoms with van der Waals surface area (Å²) < 4.78 is 38.3. The number of carbonyl (C=O) groups excluding carboxylic acids is 2. The van der Waals surface area contributed by atoms with E-state index in [2.05, 4.69) is 20.8 Å². The minimum atomic E-state index is -4.51. The van der Waals surface area contributed by atoms with Crippen LogP contribution in [0.2, 0.25) is 0 Å². The quantitative estimate of drug-likeness (QED) is 0.814. The number of tetrazole rings is 1. The Kier molecular flexibility index (Phi) is 3.89. The number of carbonyl (C=O) groups is 2. The molecule has 2 aliphatic rings. The van der Waals surface area contributed by atoms with Crippen LogP contribution in [0.1, 0.15) is 30.1 Å². The summed E-state index contributed by atoms with van der Waals surface area (Å²) in [4.78, 5) is 25.9. The Morgan fingerprint density at radius 1 is 1.19 bits per heavy atom. The van der Waals surface area contributed by atoms with Gasteiger partial charge in [-0.25, -0.2) is 9.48 Å². The molecule has 27 heavy (non-hydrogen) atoms. The molecule has 1 N–H and O–H groups in total. The number of benzene rings is 1. The maximum absolute atomic E-state index is 12.8. The van der Waals surface area contributed by atoms with Crippen LogP contribution >= 0.6 is 0 Å². The molecular formula is C16H15F3N6O2. The fraction of sp³-hybridized carbons (Fsp3) is 0.438. The number of hydrogen-bond acceptors (Lipinski definition) is 5. The van der Waals surface area contributed by atoms with Crippen molar-refractivity contribution in [2.75, 3.05) is 0 Å². The summed E-state index contributed by atoms with van der Waals surface area (Å²) in [5, 5.41) is 12.7. The van der Waals surface area contributed by atoms with Crippen molar-refractivity contribution in [2.24, 2.45) is 0 Å². The van der Waals surface area contributed by atoms with Gasteiger partial charge in [-0.3, -0.25) is 9.69 Å². The third-order valence-corrected chi connectivity index (χ3v) is 4.94. The van der Waals surface area contributed by atoms with Crippen LogP contribution in [0.4, 0.5) is 18.0 Å². The van der Waals surface area contributed by atoms with Crippen LogP contribution in [-0.2, 0) is 17.9 Å². The summed E-state index contributed by atoms with van der Waals surface area (Å²) in [6.07, 6.45) is -3.61. The second-order valence-electron chi connectivity index (χ2n) is 6.79. The number of aromatic nitrogens is 4. The van der Waals surface area contributed by atoms with Crippen molar-refractivity contribution in [1.82, 2.24) is 30.4 Å². The van der Waals surface area contributed by atoms with Gasteiger partial charge in [-0.05, 0) is 34.7 Å². The lowest BCUT2D eigenvalue weighted by molar-refractivity contribution is -0.143. The molecule has 1 saturated carbocycles. The Morgan fingerprint density at radius 2 is 1.89 bits per heavy atom. The summed E-state index contributed by atoms with van der Waals surface area (Å²) in [6.45, 7) is -1.80. The van der Waals surface area contributed by atoms with E-state index in [-0.39, 0.29) is 11.7 Å². The van der Waals surface area contributed by atoms with E-state index in [4.69, 9.17) is 0 Å². The maximum Gasteiger partial charge on any atom is 0.408 e. The van der Waals surface area contributed by atoms with Gasteiger partial charge in [-0.2, -0.15) is 13.2 Å². The van der Waals surface area contributed by atoms with Crippen molar-refractivity contribution in [2.45, 2.75) is 43.6 Å². The van der Waals surface area contributed by atoms with Crippen molar-refractivity contribution in [3.05, 3.63) is 41.7 Å². The van der Waals surface area contributed by atoms with Crippen molar-refractivity contribution in [1.29, 1.82) is 0 Å². The summed E-state index contributed by atoms with van der Waals surface area (Å²) >= 11 is 0. The van der Waals surface area contributed by atoms with E-state index in [0.29, 0.717) is 17.5 Å². The molecule has 1 aliphatic carbocycles. The van der Waals surface area contributed by atoms with Gasteiger partial charge < -0.3 is 5.32 Å². The number of alkyl halides is 3. The normalized spacial score (nSPS) is 25.0. The topological polar surface area (TPSA) is 93.0 Å². The molecule has 8 nitrogen and oxygen atoms in total. The highest BCUT2D eigenvalue weighted by atomic mass is 19.4. The Morgan fingerprint density at radius 3 is 2.56 bits per heavy atom. The Labute approximate surface area is 151 Å². The second-order valence-corrected chi connectivity index (χ2v) is 6.79. The van der Waals surface area contributed by atoms with E-state index >= 15 is 0 Å². The lowest BCUT2D eigenvalue weighted by Gasteiger charge is -2.42. The highest BCUT2D eigenvalue weighted by Gasteiger charge is 2.59. The molecule has 1 spiro atoms. The molecule has 3 amide bonds. The Bertz CT molecular complexity index is 876. The monoisotopic (exact) mass is 380 g/mol. The maximum atomic E-state index is 12.8. The Hall–Kier alpha value is -2.98. The summed E-state index contributed by atoms with van der Waals surface area (Å²) in [5.74, 6) is -0.515. The first-order chi connectivity index (χ1) is 12.8. The smallest absolute Gasteiger partial charge is 0.323 e. The summed E-state index contributed by atoms with van der Waals surface area (Å²) in [5.41, 5.74) is 0.0811. The average Bonchev–Trinajstić information content (AvgIpc) is 3.10. The molecule has 0 bridgehead atoms. The molecule has 1 saturated heterocycles. The largest absolute Gasteiger partial charge is 0.408 e. The van der Waals surface area contributed by atoms with E-state index in [1.165, 1.54) is 0 Å². The number of halogens is 3. The molecule has 2 aromatic rings. The molecular weight excluding hydrogens is 365 g/mol. The number of amides is 3. The highest BCUT2D eigenvalue weighted by Crippen LogP contribution is 2.47. The van der Waals surface area contributed by atoms with Crippen LogP contribution in [0, 0.1) is 0 Å². The van der Waals surface area contributed by atoms with Crippen molar-refractivity contribution in [3.63, 3.8) is 0 Å². The first-order valence-electron chi connectivity index (χ1n) is 8.28.